The summed E-state index contributed by atoms with van der Waals surface area (Å²) in [5.74, 6) is -0.188. The summed E-state index contributed by atoms with van der Waals surface area (Å²) in [5.41, 5.74) is 5.46. The highest BCUT2D eigenvalue weighted by Gasteiger charge is 2.29. The third kappa shape index (κ3) is 3.08. The Bertz CT molecular complexity index is 846. The lowest BCUT2D eigenvalue weighted by atomic mass is 10.1. The first-order chi connectivity index (χ1) is 11.4. The third-order valence-electron chi connectivity index (χ3n) is 4.34. The molecule has 4 nitrogen and oxygen atoms in total. The highest BCUT2D eigenvalue weighted by molar-refractivity contribution is 9.10. The Morgan fingerprint density at radius 3 is 2.54 bits per heavy atom. The van der Waals surface area contributed by atoms with Gasteiger partial charge in [0.2, 0.25) is 5.91 Å². The molecule has 0 spiro atoms. The summed E-state index contributed by atoms with van der Waals surface area (Å²) in [6, 6.07) is 9.60. The highest BCUT2D eigenvalue weighted by Crippen LogP contribution is 2.39. The molecule has 0 saturated heterocycles. The first kappa shape index (κ1) is 16.7. The Labute approximate surface area is 150 Å². The van der Waals surface area contributed by atoms with Gasteiger partial charge in [-0.2, -0.15) is 0 Å². The molecule has 0 saturated carbocycles. The number of carbonyl (C=O) groups is 2. The molecule has 1 aliphatic rings. The van der Waals surface area contributed by atoms with E-state index in [1.165, 1.54) is 6.92 Å². The molecular formula is C19H19BrN2O2. The number of anilines is 2. The van der Waals surface area contributed by atoms with Gasteiger partial charge in [0, 0.05) is 23.5 Å². The topological polar surface area (TPSA) is 49.4 Å². The maximum atomic E-state index is 13.0. The van der Waals surface area contributed by atoms with Gasteiger partial charge in [0.25, 0.3) is 5.91 Å². The Morgan fingerprint density at radius 2 is 1.88 bits per heavy atom. The lowest BCUT2D eigenvalue weighted by Gasteiger charge is -2.21. The smallest absolute Gasteiger partial charge is 0.258 e. The molecule has 0 aromatic heterocycles. The zero-order valence-electron chi connectivity index (χ0n) is 13.9. The summed E-state index contributed by atoms with van der Waals surface area (Å²) in [4.78, 5) is 26.3. The first-order valence-electron chi connectivity index (χ1n) is 7.86. The van der Waals surface area contributed by atoms with Crippen LogP contribution in [-0.4, -0.2) is 18.4 Å². The van der Waals surface area contributed by atoms with Crippen LogP contribution in [0.15, 0.2) is 34.8 Å². The number of hydrogen-bond acceptors (Lipinski definition) is 2. The number of nitrogens with zero attached hydrogens (tertiary/aromatic N) is 1. The van der Waals surface area contributed by atoms with Gasteiger partial charge >= 0.3 is 0 Å². The van der Waals surface area contributed by atoms with Gasteiger partial charge in [-0.15, -0.1) is 0 Å². The number of benzene rings is 2. The highest BCUT2D eigenvalue weighted by atomic mass is 79.9. The standard InChI is InChI=1S/C19H19BrN2O2/c1-11-4-5-15(8-12(11)2)19(24)22-7-6-14-9-16(20)10-17(18(14)22)21-13(3)23/h4-5,8-10H,6-7H2,1-3H3,(H,21,23). The molecule has 0 bridgehead atoms. The zero-order chi connectivity index (χ0) is 17.4. The van der Waals surface area contributed by atoms with Crippen molar-refractivity contribution >= 4 is 39.1 Å². The molecule has 3 rings (SSSR count). The molecule has 5 heteroatoms. The summed E-state index contributed by atoms with van der Waals surface area (Å²) in [6.07, 6.45) is 0.776. The van der Waals surface area contributed by atoms with E-state index in [1.807, 2.05) is 44.2 Å². The van der Waals surface area contributed by atoms with E-state index in [1.54, 1.807) is 4.90 Å². The van der Waals surface area contributed by atoms with Crippen LogP contribution in [0, 0.1) is 13.8 Å². The minimum absolute atomic E-state index is 0.0363. The quantitative estimate of drug-likeness (QED) is 0.839. The number of nitrogens with one attached hydrogen (secondary N) is 1. The SMILES string of the molecule is CC(=O)Nc1cc(Br)cc2c1N(C(=O)c1ccc(C)c(C)c1)CC2. The van der Waals surface area contributed by atoms with Crippen LogP contribution in [-0.2, 0) is 11.2 Å². The van der Waals surface area contributed by atoms with Gasteiger partial charge in [-0.1, -0.05) is 22.0 Å². The number of aryl methyl sites for hydroxylation is 2. The van der Waals surface area contributed by atoms with Gasteiger partial charge in [0.05, 0.1) is 11.4 Å². The summed E-state index contributed by atoms with van der Waals surface area (Å²) < 4.78 is 0.894. The van der Waals surface area contributed by atoms with Gasteiger partial charge in [0.15, 0.2) is 0 Å². The molecule has 1 N–H and O–H groups in total. The van der Waals surface area contributed by atoms with E-state index in [9.17, 15) is 9.59 Å². The van der Waals surface area contributed by atoms with Crippen molar-refractivity contribution in [2.24, 2.45) is 0 Å². The van der Waals surface area contributed by atoms with E-state index in [2.05, 4.69) is 21.2 Å². The van der Waals surface area contributed by atoms with Gasteiger partial charge in [-0.05, 0) is 61.2 Å². The van der Waals surface area contributed by atoms with Crippen LogP contribution in [0.3, 0.4) is 0 Å². The average molecular weight is 387 g/mol. The zero-order valence-corrected chi connectivity index (χ0v) is 15.5. The molecule has 0 unspecified atom stereocenters. The molecule has 0 aliphatic carbocycles. The monoisotopic (exact) mass is 386 g/mol. The van der Waals surface area contributed by atoms with Gasteiger partial charge in [-0.3, -0.25) is 9.59 Å². The fourth-order valence-electron chi connectivity index (χ4n) is 3.03. The number of carbonyl (C=O) groups excluding carboxylic acids is 2. The minimum Gasteiger partial charge on any atom is -0.324 e. The van der Waals surface area contributed by atoms with Crippen molar-refractivity contribution in [3.05, 3.63) is 57.1 Å². The molecule has 1 heterocycles. The van der Waals surface area contributed by atoms with Crippen molar-refractivity contribution in [2.75, 3.05) is 16.8 Å². The molecule has 2 aromatic rings. The number of fused-ring (bicyclic) bond motifs is 1. The normalized spacial score (nSPS) is 12.9. The van der Waals surface area contributed by atoms with Crippen molar-refractivity contribution in [1.29, 1.82) is 0 Å². The predicted molar refractivity (Wildman–Crippen MR) is 99.7 cm³/mol. The van der Waals surface area contributed by atoms with Crippen LogP contribution < -0.4 is 10.2 Å². The van der Waals surface area contributed by atoms with Crippen molar-refractivity contribution in [2.45, 2.75) is 27.2 Å². The molecule has 0 fully saturated rings. The molecule has 2 aromatic carbocycles. The van der Waals surface area contributed by atoms with E-state index in [-0.39, 0.29) is 11.8 Å². The Hall–Kier alpha value is -2.14. The number of hydrogen-bond donors (Lipinski definition) is 1. The second-order valence-corrected chi connectivity index (χ2v) is 7.06. The van der Waals surface area contributed by atoms with Crippen molar-refractivity contribution < 1.29 is 9.59 Å². The fraction of sp³-hybridized carbons (Fsp3) is 0.263. The number of rotatable bonds is 2. The average Bonchev–Trinajstić information content (AvgIpc) is 2.92. The first-order valence-corrected chi connectivity index (χ1v) is 8.65. The summed E-state index contributed by atoms with van der Waals surface area (Å²) in [6.45, 7) is 6.12. The summed E-state index contributed by atoms with van der Waals surface area (Å²) in [7, 11) is 0. The maximum absolute atomic E-state index is 13.0. The van der Waals surface area contributed by atoms with E-state index < -0.39 is 0 Å². The predicted octanol–water partition coefficient (Wildman–Crippen LogP) is 4.23. The maximum Gasteiger partial charge on any atom is 0.258 e. The van der Waals surface area contributed by atoms with Gasteiger partial charge in [-0.25, -0.2) is 0 Å². The fourth-order valence-corrected chi connectivity index (χ4v) is 3.53. The Balaban J connectivity index is 2.03. The van der Waals surface area contributed by atoms with Crippen LogP contribution in [0.5, 0.6) is 0 Å². The van der Waals surface area contributed by atoms with Crippen LogP contribution in [0.4, 0.5) is 11.4 Å². The van der Waals surface area contributed by atoms with Crippen LogP contribution in [0.2, 0.25) is 0 Å². The Morgan fingerprint density at radius 1 is 1.12 bits per heavy atom. The molecular weight excluding hydrogens is 368 g/mol. The van der Waals surface area contributed by atoms with Crippen LogP contribution >= 0.6 is 15.9 Å². The second kappa shape index (κ2) is 6.40. The number of halogens is 1. The molecule has 2 amide bonds. The van der Waals surface area contributed by atoms with Gasteiger partial charge in [0.1, 0.15) is 0 Å². The Kier molecular flexibility index (Phi) is 4.45. The summed E-state index contributed by atoms with van der Waals surface area (Å²) in [5, 5.41) is 2.84. The van der Waals surface area contributed by atoms with Crippen molar-refractivity contribution in [3.8, 4) is 0 Å². The van der Waals surface area contributed by atoms with E-state index in [4.69, 9.17) is 0 Å². The number of amides is 2. The lowest BCUT2D eigenvalue weighted by Crippen LogP contribution is -2.29. The van der Waals surface area contributed by atoms with Crippen LogP contribution in [0.1, 0.15) is 34.0 Å². The van der Waals surface area contributed by atoms with E-state index in [0.29, 0.717) is 17.8 Å². The van der Waals surface area contributed by atoms with Crippen molar-refractivity contribution in [3.63, 3.8) is 0 Å². The van der Waals surface area contributed by atoms with E-state index >= 15 is 0 Å². The van der Waals surface area contributed by atoms with Crippen molar-refractivity contribution in [1.82, 2.24) is 0 Å². The molecule has 124 valence electrons. The molecule has 0 atom stereocenters. The van der Waals surface area contributed by atoms with Gasteiger partial charge < -0.3 is 10.2 Å². The molecule has 24 heavy (non-hydrogen) atoms. The molecule has 0 radical (unpaired) electrons. The molecule has 1 aliphatic heterocycles. The minimum atomic E-state index is -0.152. The largest absolute Gasteiger partial charge is 0.324 e. The van der Waals surface area contributed by atoms with E-state index in [0.717, 1.165) is 33.3 Å². The van der Waals surface area contributed by atoms with Crippen LogP contribution in [0.25, 0.3) is 0 Å². The summed E-state index contributed by atoms with van der Waals surface area (Å²) >= 11 is 3.47. The third-order valence-corrected chi connectivity index (χ3v) is 4.80. The second-order valence-electron chi connectivity index (χ2n) is 6.15. The lowest BCUT2D eigenvalue weighted by molar-refractivity contribution is -0.114.